The SMILES string of the molecule is CC(C)(C)OC(=O)N1CCN(Cc2cccc(-c3ccnc(Cl)n3)c2)S(=O)(=O)CC1. The number of sulfonamides is 1. The maximum absolute atomic E-state index is 12.8. The zero-order chi connectivity index (χ0) is 21.9. The first-order chi connectivity index (χ1) is 14.0. The van der Waals surface area contributed by atoms with Crippen molar-refractivity contribution >= 4 is 27.7 Å². The van der Waals surface area contributed by atoms with Crippen molar-refractivity contribution in [1.82, 2.24) is 19.2 Å². The minimum absolute atomic E-state index is 0.104. The molecule has 3 rings (SSSR count). The second-order valence-corrected chi connectivity index (χ2v) is 10.5. The number of hydrogen-bond acceptors (Lipinski definition) is 6. The Bertz CT molecular complexity index is 1020. The number of benzene rings is 1. The van der Waals surface area contributed by atoms with Crippen LogP contribution in [0, 0.1) is 0 Å². The van der Waals surface area contributed by atoms with Crippen LogP contribution in [0.3, 0.4) is 0 Å². The minimum Gasteiger partial charge on any atom is -0.444 e. The maximum atomic E-state index is 12.8. The number of halogens is 1. The first-order valence-corrected chi connectivity index (χ1v) is 11.6. The second kappa shape index (κ2) is 8.87. The molecule has 10 heteroatoms. The van der Waals surface area contributed by atoms with Gasteiger partial charge in [-0.3, -0.25) is 0 Å². The van der Waals surface area contributed by atoms with Crippen molar-refractivity contribution in [2.24, 2.45) is 0 Å². The average Bonchev–Trinajstić information content (AvgIpc) is 2.79. The third-order valence-corrected chi connectivity index (χ3v) is 6.47. The number of carbonyl (C=O) groups is 1. The zero-order valence-electron chi connectivity index (χ0n) is 17.2. The van der Waals surface area contributed by atoms with Crippen molar-refractivity contribution in [3.05, 3.63) is 47.4 Å². The fourth-order valence-corrected chi connectivity index (χ4v) is 4.61. The number of aromatic nitrogens is 2. The van der Waals surface area contributed by atoms with E-state index in [9.17, 15) is 13.2 Å². The summed E-state index contributed by atoms with van der Waals surface area (Å²) in [5.41, 5.74) is 1.66. The molecule has 2 aromatic rings. The van der Waals surface area contributed by atoms with E-state index in [4.69, 9.17) is 16.3 Å². The van der Waals surface area contributed by atoms with Gasteiger partial charge in [0.2, 0.25) is 15.3 Å². The van der Waals surface area contributed by atoms with Crippen LogP contribution in [0.15, 0.2) is 36.5 Å². The van der Waals surface area contributed by atoms with E-state index < -0.39 is 21.7 Å². The smallest absolute Gasteiger partial charge is 0.410 e. The Hall–Kier alpha value is -2.23. The lowest BCUT2D eigenvalue weighted by atomic mass is 10.1. The standard InChI is InChI=1S/C20H25ClN4O4S/c1-20(2,3)29-19(26)24-9-10-25(30(27,28)12-11-24)14-15-5-4-6-16(13-15)17-7-8-22-18(21)23-17/h4-8,13H,9-12,14H2,1-3H3. The van der Waals surface area contributed by atoms with Crippen molar-refractivity contribution in [3.63, 3.8) is 0 Å². The second-order valence-electron chi connectivity index (χ2n) is 8.03. The highest BCUT2D eigenvalue weighted by Gasteiger charge is 2.31. The summed E-state index contributed by atoms with van der Waals surface area (Å²) < 4.78 is 32.3. The fraction of sp³-hybridized carbons (Fsp3) is 0.450. The molecule has 0 aliphatic carbocycles. The van der Waals surface area contributed by atoms with Gasteiger partial charge in [0.05, 0.1) is 11.4 Å². The van der Waals surface area contributed by atoms with Gasteiger partial charge in [-0.1, -0.05) is 18.2 Å². The number of ether oxygens (including phenoxy) is 1. The average molecular weight is 453 g/mol. The summed E-state index contributed by atoms with van der Waals surface area (Å²) in [6, 6.07) is 9.21. The summed E-state index contributed by atoms with van der Waals surface area (Å²) in [7, 11) is -3.52. The molecule has 1 aromatic heterocycles. The van der Waals surface area contributed by atoms with Crippen LogP contribution < -0.4 is 0 Å². The molecule has 1 aliphatic heterocycles. The van der Waals surface area contributed by atoms with E-state index in [2.05, 4.69) is 9.97 Å². The van der Waals surface area contributed by atoms with Crippen molar-refractivity contribution in [3.8, 4) is 11.3 Å². The van der Waals surface area contributed by atoms with Gasteiger partial charge >= 0.3 is 6.09 Å². The van der Waals surface area contributed by atoms with Crippen molar-refractivity contribution in [1.29, 1.82) is 0 Å². The van der Waals surface area contributed by atoms with Crippen LogP contribution in [0.4, 0.5) is 4.79 Å². The lowest BCUT2D eigenvalue weighted by Crippen LogP contribution is -2.39. The normalized spacial score (nSPS) is 17.4. The molecular formula is C20H25ClN4O4S. The van der Waals surface area contributed by atoms with E-state index in [0.29, 0.717) is 5.69 Å². The largest absolute Gasteiger partial charge is 0.444 e. The summed E-state index contributed by atoms with van der Waals surface area (Å²) >= 11 is 5.87. The van der Waals surface area contributed by atoms with Crippen LogP contribution in [-0.2, 0) is 21.3 Å². The molecule has 30 heavy (non-hydrogen) atoms. The van der Waals surface area contributed by atoms with Gasteiger partial charge < -0.3 is 9.64 Å². The van der Waals surface area contributed by atoms with Crippen LogP contribution in [0.1, 0.15) is 26.3 Å². The van der Waals surface area contributed by atoms with E-state index >= 15 is 0 Å². The number of rotatable bonds is 3. The molecular weight excluding hydrogens is 428 g/mol. The molecule has 0 unspecified atom stereocenters. The monoisotopic (exact) mass is 452 g/mol. The van der Waals surface area contributed by atoms with Crippen LogP contribution >= 0.6 is 11.6 Å². The van der Waals surface area contributed by atoms with Crippen molar-refractivity contribution in [2.75, 3.05) is 25.4 Å². The van der Waals surface area contributed by atoms with Crippen LogP contribution in [-0.4, -0.2) is 64.7 Å². The molecule has 0 bridgehead atoms. The van der Waals surface area contributed by atoms with Crippen LogP contribution in [0.2, 0.25) is 5.28 Å². The molecule has 0 saturated carbocycles. The van der Waals surface area contributed by atoms with Gasteiger partial charge in [0, 0.05) is 37.9 Å². The molecule has 0 radical (unpaired) electrons. The third kappa shape index (κ3) is 5.90. The number of nitrogens with zero attached hydrogens (tertiary/aromatic N) is 4. The predicted octanol–water partition coefficient (Wildman–Crippen LogP) is 3.18. The van der Waals surface area contributed by atoms with Crippen LogP contribution in [0.25, 0.3) is 11.3 Å². The van der Waals surface area contributed by atoms with Crippen molar-refractivity contribution < 1.29 is 17.9 Å². The van der Waals surface area contributed by atoms with E-state index in [1.165, 1.54) is 9.21 Å². The Kier molecular flexibility index (Phi) is 6.64. The molecule has 1 aliphatic rings. The molecule has 0 spiro atoms. The molecule has 1 aromatic carbocycles. The van der Waals surface area contributed by atoms with E-state index in [1.807, 2.05) is 24.3 Å². The highest BCUT2D eigenvalue weighted by atomic mass is 35.5. The van der Waals surface area contributed by atoms with Gasteiger partial charge in [-0.2, -0.15) is 4.31 Å². The van der Waals surface area contributed by atoms with Gasteiger partial charge in [-0.25, -0.2) is 23.2 Å². The molecule has 162 valence electrons. The minimum atomic E-state index is -3.52. The van der Waals surface area contributed by atoms with E-state index in [-0.39, 0.29) is 37.2 Å². The molecule has 0 N–H and O–H groups in total. The number of amides is 1. The highest BCUT2D eigenvalue weighted by molar-refractivity contribution is 7.89. The topological polar surface area (TPSA) is 92.7 Å². The molecule has 1 amide bonds. The number of hydrogen-bond donors (Lipinski definition) is 0. The van der Waals surface area contributed by atoms with Gasteiger partial charge in [0.25, 0.3) is 0 Å². The van der Waals surface area contributed by atoms with Gasteiger partial charge in [-0.15, -0.1) is 0 Å². The quantitative estimate of drug-likeness (QED) is 0.664. The lowest BCUT2D eigenvalue weighted by Gasteiger charge is -2.26. The van der Waals surface area contributed by atoms with E-state index in [1.54, 1.807) is 33.0 Å². The predicted molar refractivity (Wildman–Crippen MR) is 114 cm³/mol. The van der Waals surface area contributed by atoms with E-state index in [0.717, 1.165) is 11.1 Å². The Morgan fingerprint density at radius 2 is 1.97 bits per heavy atom. The summed E-state index contributed by atoms with van der Waals surface area (Å²) in [6.07, 6.45) is 1.07. The summed E-state index contributed by atoms with van der Waals surface area (Å²) in [5, 5.41) is 0.148. The van der Waals surface area contributed by atoms with Gasteiger partial charge in [0.1, 0.15) is 5.60 Å². The Balaban J connectivity index is 1.75. The number of carbonyl (C=O) groups excluding carboxylic acids is 1. The fourth-order valence-electron chi connectivity index (χ4n) is 3.05. The summed E-state index contributed by atoms with van der Waals surface area (Å²) in [4.78, 5) is 21.9. The molecule has 1 fully saturated rings. The Morgan fingerprint density at radius 3 is 2.67 bits per heavy atom. The van der Waals surface area contributed by atoms with Crippen LogP contribution in [0.5, 0.6) is 0 Å². The third-order valence-electron chi connectivity index (χ3n) is 4.49. The van der Waals surface area contributed by atoms with Gasteiger partial charge in [-0.05, 0) is 50.1 Å². The summed E-state index contributed by atoms with van der Waals surface area (Å²) in [6.45, 7) is 6.13. The van der Waals surface area contributed by atoms with Crippen molar-refractivity contribution in [2.45, 2.75) is 32.9 Å². The molecule has 0 atom stereocenters. The molecule has 8 nitrogen and oxygen atoms in total. The van der Waals surface area contributed by atoms with Gasteiger partial charge in [0.15, 0.2) is 0 Å². The Labute approximate surface area is 181 Å². The highest BCUT2D eigenvalue weighted by Crippen LogP contribution is 2.21. The first kappa shape index (κ1) is 22.5. The molecule has 2 heterocycles. The lowest BCUT2D eigenvalue weighted by molar-refractivity contribution is 0.0261. The maximum Gasteiger partial charge on any atom is 0.410 e. The molecule has 1 saturated heterocycles. The summed E-state index contributed by atoms with van der Waals surface area (Å²) in [5.74, 6) is -0.145. The zero-order valence-corrected chi connectivity index (χ0v) is 18.8. The Morgan fingerprint density at radius 1 is 1.20 bits per heavy atom. The first-order valence-electron chi connectivity index (χ1n) is 9.57.